The van der Waals surface area contributed by atoms with Crippen molar-refractivity contribution in [2.24, 2.45) is 0 Å². The molecule has 0 atom stereocenters. The van der Waals surface area contributed by atoms with Crippen molar-refractivity contribution in [3.63, 3.8) is 0 Å². The minimum Gasteiger partial charge on any atom is -0.310 e. The minimum absolute atomic E-state index is 0.144. The Hall–Kier alpha value is -8.30. The van der Waals surface area contributed by atoms with Crippen LogP contribution in [0.2, 0.25) is 0 Å². The molecule has 2 aliphatic carbocycles. The summed E-state index contributed by atoms with van der Waals surface area (Å²) in [5.74, 6) is 0. The number of nitrogens with zero attached hydrogens (tertiary/aromatic N) is 1. The van der Waals surface area contributed by atoms with Gasteiger partial charge in [-0.25, -0.2) is 0 Å². The zero-order valence-corrected chi connectivity index (χ0v) is 41.5. The number of fused-ring (bicyclic) bond motifs is 15. The summed E-state index contributed by atoms with van der Waals surface area (Å²) in [7, 11) is 0. The first-order valence-corrected chi connectivity index (χ1v) is 26.1. The second-order valence-electron chi connectivity index (χ2n) is 21.1. The van der Waals surface area contributed by atoms with E-state index in [2.05, 4.69) is 257 Å². The van der Waals surface area contributed by atoms with Crippen LogP contribution < -0.4 is 4.90 Å². The van der Waals surface area contributed by atoms with Crippen LogP contribution in [0, 0.1) is 0 Å². The zero-order chi connectivity index (χ0) is 48.0. The molecule has 0 radical (unpaired) electrons. The predicted molar refractivity (Wildman–Crippen MR) is 310 cm³/mol. The Kier molecular flexibility index (Phi) is 8.70. The molecular weight excluding hydrogens is 887 g/mol. The lowest BCUT2D eigenvalue weighted by Crippen LogP contribution is -2.18. The summed E-state index contributed by atoms with van der Waals surface area (Å²) < 4.78 is 2.66. The lowest BCUT2D eigenvalue weighted by Gasteiger charge is -2.31. The van der Waals surface area contributed by atoms with Gasteiger partial charge in [0, 0.05) is 53.3 Å². The molecule has 0 unspecified atom stereocenters. The molecule has 0 amide bonds. The molecular formula is C70H49NS. The first kappa shape index (κ1) is 41.5. The van der Waals surface area contributed by atoms with E-state index in [1.54, 1.807) is 0 Å². The van der Waals surface area contributed by atoms with E-state index in [4.69, 9.17) is 0 Å². The van der Waals surface area contributed by atoms with Crippen LogP contribution in [0.1, 0.15) is 49.9 Å². The lowest BCUT2D eigenvalue weighted by molar-refractivity contribution is 0.660. The first-order chi connectivity index (χ1) is 35.2. The topological polar surface area (TPSA) is 3.24 Å². The third-order valence-corrected chi connectivity index (χ3v) is 17.9. The summed E-state index contributed by atoms with van der Waals surface area (Å²) in [6, 6.07) is 85.0. The highest BCUT2D eigenvalue weighted by atomic mass is 32.1. The zero-order valence-electron chi connectivity index (χ0n) is 40.7. The monoisotopic (exact) mass is 935 g/mol. The van der Waals surface area contributed by atoms with E-state index in [1.165, 1.54) is 130 Å². The smallest absolute Gasteiger partial charge is 0.0540 e. The molecule has 72 heavy (non-hydrogen) atoms. The fraction of sp³-hybridized carbons (Fsp3) is 0.0857. The first-order valence-electron chi connectivity index (χ1n) is 25.3. The maximum absolute atomic E-state index is 2.54. The van der Waals surface area contributed by atoms with Crippen LogP contribution in [0.4, 0.5) is 17.1 Å². The second-order valence-corrected chi connectivity index (χ2v) is 22.2. The van der Waals surface area contributed by atoms with E-state index in [-0.39, 0.29) is 10.8 Å². The van der Waals surface area contributed by atoms with Gasteiger partial charge in [-0.2, -0.15) is 0 Å². The van der Waals surface area contributed by atoms with Crippen LogP contribution in [-0.4, -0.2) is 0 Å². The number of hydrogen-bond acceptors (Lipinski definition) is 2. The van der Waals surface area contributed by atoms with Crippen molar-refractivity contribution in [1.82, 2.24) is 0 Å². The standard InChI is InChI=1S/C70H49NS/c1-69(2)62-29-14-11-23-50(62)52-34-32-42(38-64(52)69)71(43-33-35-53-51-24-12-15-30-63(51)70(3,4)65(53)39-43)66-37-36-49(44-18-9-10-25-54(44)66)58-40-60-48-22-8-6-20-46(48)59(41-61(60)47-21-7-5-19-45(47)58)57-28-17-27-56-55-26-13-16-31-67(55)72-68(56)57/h5-41H,1-4H3. The van der Waals surface area contributed by atoms with E-state index in [0.717, 1.165) is 17.1 Å². The molecule has 13 aromatic rings. The Morgan fingerprint density at radius 2 is 0.694 bits per heavy atom. The summed E-state index contributed by atoms with van der Waals surface area (Å²) in [5.41, 5.74) is 19.0. The van der Waals surface area contributed by atoms with Crippen molar-refractivity contribution >= 4 is 91.7 Å². The largest absolute Gasteiger partial charge is 0.310 e. The van der Waals surface area contributed by atoms with Crippen LogP contribution in [-0.2, 0) is 10.8 Å². The van der Waals surface area contributed by atoms with Crippen LogP contribution in [0.25, 0.3) is 108 Å². The highest BCUT2D eigenvalue weighted by molar-refractivity contribution is 7.26. The number of benzene rings is 12. The maximum atomic E-state index is 2.54. The molecule has 2 heteroatoms. The molecule has 0 spiro atoms. The Balaban J connectivity index is 0.955. The highest BCUT2D eigenvalue weighted by Crippen LogP contribution is 2.55. The Morgan fingerprint density at radius 1 is 0.278 bits per heavy atom. The summed E-state index contributed by atoms with van der Waals surface area (Å²) in [6.45, 7) is 9.53. The van der Waals surface area contributed by atoms with Gasteiger partial charge >= 0.3 is 0 Å². The van der Waals surface area contributed by atoms with Gasteiger partial charge in [-0.1, -0.05) is 204 Å². The summed E-state index contributed by atoms with van der Waals surface area (Å²) in [4.78, 5) is 2.54. The second kappa shape index (κ2) is 15.1. The fourth-order valence-corrected chi connectivity index (χ4v) is 14.4. The van der Waals surface area contributed by atoms with Crippen molar-refractivity contribution < 1.29 is 0 Å². The molecule has 1 nitrogen and oxygen atoms in total. The van der Waals surface area contributed by atoms with Gasteiger partial charge in [-0.15, -0.1) is 11.3 Å². The SMILES string of the molecule is CC1(C)c2ccccc2-c2ccc(N(c3ccc4c(c3)C(C)(C)c3ccccc3-4)c3ccc(-c4cc5c6ccccc6c(-c6cccc7c6sc6ccccc67)cc5c5ccccc45)c4ccccc34)cc21. The number of thiophene rings is 1. The van der Waals surface area contributed by atoms with Crippen LogP contribution >= 0.6 is 11.3 Å². The van der Waals surface area contributed by atoms with E-state index in [1.807, 2.05) is 11.3 Å². The van der Waals surface area contributed by atoms with Crippen molar-refractivity contribution in [1.29, 1.82) is 0 Å². The lowest BCUT2D eigenvalue weighted by atomic mass is 9.82. The van der Waals surface area contributed by atoms with E-state index >= 15 is 0 Å². The minimum atomic E-state index is -0.144. The molecule has 0 bridgehead atoms. The Bertz CT molecular complexity index is 4360. The third kappa shape index (κ3) is 5.76. The van der Waals surface area contributed by atoms with Crippen LogP contribution in [0.3, 0.4) is 0 Å². The number of anilines is 3. The molecule has 0 N–H and O–H groups in total. The molecule has 0 aliphatic heterocycles. The van der Waals surface area contributed by atoms with Gasteiger partial charge in [0.15, 0.2) is 0 Å². The maximum Gasteiger partial charge on any atom is 0.0540 e. The molecule has 15 rings (SSSR count). The number of rotatable bonds is 5. The molecule has 2 aliphatic rings. The van der Waals surface area contributed by atoms with Crippen molar-refractivity contribution in [3.05, 3.63) is 247 Å². The summed E-state index contributed by atoms with van der Waals surface area (Å²) in [5, 5.41) is 12.7. The Morgan fingerprint density at radius 3 is 1.28 bits per heavy atom. The van der Waals surface area contributed by atoms with Gasteiger partial charge in [0.2, 0.25) is 0 Å². The van der Waals surface area contributed by atoms with E-state index < -0.39 is 0 Å². The average Bonchev–Trinajstić information content (AvgIpc) is 4.00. The van der Waals surface area contributed by atoms with Gasteiger partial charge in [0.25, 0.3) is 0 Å². The fourth-order valence-electron chi connectivity index (χ4n) is 13.2. The van der Waals surface area contributed by atoms with Crippen molar-refractivity contribution in [2.75, 3.05) is 4.90 Å². The van der Waals surface area contributed by atoms with Crippen LogP contribution in [0.5, 0.6) is 0 Å². The molecule has 340 valence electrons. The molecule has 0 saturated heterocycles. The molecule has 12 aromatic carbocycles. The summed E-state index contributed by atoms with van der Waals surface area (Å²) >= 11 is 1.90. The van der Waals surface area contributed by atoms with E-state index in [9.17, 15) is 0 Å². The quantitative estimate of drug-likeness (QED) is 0.155. The molecule has 1 aromatic heterocycles. The Labute approximate surface area is 423 Å². The highest BCUT2D eigenvalue weighted by Gasteiger charge is 2.38. The summed E-state index contributed by atoms with van der Waals surface area (Å²) in [6.07, 6.45) is 0. The predicted octanol–water partition coefficient (Wildman–Crippen LogP) is 20.1. The van der Waals surface area contributed by atoms with Gasteiger partial charge in [0.05, 0.1) is 5.69 Å². The van der Waals surface area contributed by atoms with Crippen molar-refractivity contribution in [3.8, 4) is 44.5 Å². The molecule has 0 fully saturated rings. The van der Waals surface area contributed by atoms with Gasteiger partial charge in [-0.3, -0.25) is 0 Å². The van der Waals surface area contributed by atoms with Crippen LogP contribution in [0.15, 0.2) is 224 Å². The van der Waals surface area contributed by atoms with Crippen molar-refractivity contribution in [2.45, 2.75) is 38.5 Å². The molecule has 1 heterocycles. The molecule has 0 saturated carbocycles. The van der Waals surface area contributed by atoms with Gasteiger partial charge < -0.3 is 4.90 Å². The van der Waals surface area contributed by atoms with Gasteiger partial charge in [0.1, 0.15) is 0 Å². The van der Waals surface area contributed by atoms with E-state index in [0.29, 0.717) is 0 Å². The average molecular weight is 936 g/mol. The third-order valence-electron chi connectivity index (χ3n) is 16.7. The normalized spacial score (nSPS) is 14.1. The number of hydrogen-bond donors (Lipinski definition) is 0. The van der Waals surface area contributed by atoms with Gasteiger partial charge in [-0.05, 0) is 147 Å².